The van der Waals surface area contributed by atoms with Crippen molar-refractivity contribution in [1.82, 2.24) is 15.0 Å². The van der Waals surface area contributed by atoms with Crippen molar-refractivity contribution in [3.05, 3.63) is 224 Å². The Balaban J connectivity index is 0.962. The summed E-state index contributed by atoms with van der Waals surface area (Å²) in [5.41, 5.74) is 10.7. The first kappa shape index (κ1) is 31.4. The molecule has 4 heteroatoms. The van der Waals surface area contributed by atoms with Crippen LogP contribution in [0.25, 0.3) is 122 Å². The molecule has 12 rings (SSSR count). The molecular formula is C59H37N3O. The fourth-order valence-corrected chi connectivity index (χ4v) is 8.76. The quantitative estimate of drug-likeness (QED) is 0.161. The fourth-order valence-electron chi connectivity index (χ4n) is 8.76. The number of rotatable bonds is 7. The average Bonchev–Trinajstić information content (AvgIpc) is 3.78. The summed E-state index contributed by atoms with van der Waals surface area (Å²) >= 11 is 0. The standard InChI is InChI=1S/C59H37N3O/c1-2-13-38(14-3-1)50-20-6-7-21-52(50)59-61-57(41-29-27-40(28-30-41)49-23-11-16-39-15-4-5-19-48(39)49)60-58(62-59)47-18-10-17-42(37-47)43-31-32-45-36-46(34-33-44(45)35-43)51-24-12-26-55-56(51)53-22-8-9-25-54(53)63-55/h1-37H/i1D,2D,3D,13D,14D. The summed E-state index contributed by atoms with van der Waals surface area (Å²) in [5.74, 6) is 1.15. The highest BCUT2D eigenvalue weighted by Crippen LogP contribution is 2.39. The van der Waals surface area contributed by atoms with Crippen LogP contribution in [-0.4, -0.2) is 15.0 Å². The SMILES string of the molecule is [2H]c1c([2H])c([2H])c(-c2ccccc2-c2nc(-c3ccc(-c4cccc5ccccc45)cc3)nc(-c3cccc(-c4ccc5cc(-c6cccc7oc8ccccc8c67)ccc5c4)c3)n2)c([2H])c1[2H]. The van der Waals surface area contributed by atoms with E-state index in [2.05, 4.69) is 103 Å². The van der Waals surface area contributed by atoms with Gasteiger partial charge in [0.15, 0.2) is 17.5 Å². The lowest BCUT2D eigenvalue weighted by Gasteiger charge is -2.13. The maximum atomic E-state index is 8.85. The van der Waals surface area contributed by atoms with E-state index in [1.54, 1.807) is 12.1 Å². The van der Waals surface area contributed by atoms with E-state index in [0.29, 0.717) is 28.6 Å². The van der Waals surface area contributed by atoms with Crippen molar-refractivity contribution in [3.8, 4) is 78.7 Å². The normalized spacial score (nSPS) is 12.6. The molecule has 0 atom stereocenters. The smallest absolute Gasteiger partial charge is 0.164 e. The van der Waals surface area contributed by atoms with Crippen molar-refractivity contribution in [3.63, 3.8) is 0 Å². The highest BCUT2D eigenvalue weighted by Gasteiger charge is 2.17. The summed E-state index contributed by atoms with van der Waals surface area (Å²) in [7, 11) is 0. The summed E-state index contributed by atoms with van der Waals surface area (Å²) in [5, 5.41) is 6.73. The summed E-state index contributed by atoms with van der Waals surface area (Å²) in [6, 6.07) is 63.7. The Hall–Kier alpha value is -8.47. The van der Waals surface area contributed by atoms with E-state index >= 15 is 0 Å². The number of furan rings is 1. The van der Waals surface area contributed by atoms with Gasteiger partial charge in [-0.2, -0.15) is 0 Å². The van der Waals surface area contributed by atoms with Crippen molar-refractivity contribution in [2.45, 2.75) is 0 Å². The lowest BCUT2D eigenvalue weighted by molar-refractivity contribution is 0.669. The Morgan fingerprint density at radius 3 is 1.73 bits per heavy atom. The lowest BCUT2D eigenvalue weighted by Crippen LogP contribution is -2.01. The summed E-state index contributed by atoms with van der Waals surface area (Å²) in [4.78, 5) is 15.2. The van der Waals surface area contributed by atoms with Gasteiger partial charge < -0.3 is 4.42 Å². The van der Waals surface area contributed by atoms with Gasteiger partial charge in [0, 0.05) is 27.5 Å². The van der Waals surface area contributed by atoms with Crippen molar-refractivity contribution in [2.75, 3.05) is 0 Å². The number of hydrogen-bond acceptors (Lipinski definition) is 4. The van der Waals surface area contributed by atoms with Crippen molar-refractivity contribution in [2.24, 2.45) is 0 Å². The van der Waals surface area contributed by atoms with Crippen LogP contribution in [0.15, 0.2) is 229 Å². The van der Waals surface area contributed by atoms with Crippen LogP contribution in [-0.2, 0) is 0 Å². The molecule has 0 N–H and O–H groups in total. The van der Waals surface area contributed by atoms with Crippen LogP contribution in [0.4, 0.5) is 0 Å². The molecule has 0 aliphatic rings. The monoisotopic (exact) mass is 808 g/mol. The van der Waals surface area contributed by atoms with Gasteiger partial charge in [0.25, 0.3) is 0 Å². The van der Waals surface area contributed by atoms with E-state index in [0.717, 1.165) is 88.0 Å². The molecule has 0 spiro atoms. The predicted octanol–water partition coefficient (Wildman–Crippen LogP) is 15.7. The number of nitrogens with zero attached hydrogens (tertiary/aromatic N) is 3. The number of benzene rings is 10. The molecule has 0 aliphatic carbocycles. The highest BCUT2D eigenvalue weighted by atomic mass is 16.3. The molecule has 0 bridgehead atoms. The second-order valence-electron chi connectivity index (χ2n) is 15.6. The second kappa shape index (κ2) is 15.2. The summed E-state index contributed by atoms with van der Waals surface area (Å²) < 4.78 is 49.0. The van der Waals surface area contributed by atoms with E-state index in [9.17, 15) is 0 Å². The van der Waals surface area contributed by atoms with Crippen LogP contribution >= 0.6 is 0 Å². The van der Waals surface area contributed by atoms with Crippen LogP contribution in [0.3, 0.4) is 0 Å². The zero-order chi connectivity index (χ0) is 46.0. The lowest BCUT2D eigenvalue weighted by atomic mass is 9.95. The Kier molecular flexibility index (Phi) is 7.59. The van der Waals surface area contributed by atoms with Crippen LogP contribution in [0.5, 0.6) is 0 Å². The van der Waals surface area contributed by atoms with Gasteiger partial charge in [-0.15, -0.1) is 0 Å². The van der Waals surface area contributed by atoms with Gasteiger partial charge in [0.2, 0.25) is 0 Å². The van der Waals surface area contributed by atoms with Crippen molar-refractivity contribution < 1.29 is 11.3 Å². The van der Waals surface area contributed by atoms with Crippen molar-refractivity contribution in [1.29, 1.82) is 0 Å². The molecule has 4 nitrogen and oxygen atoms in total. The molecule has 2 aromatic heterocycles. The van der Waals surface area contributed by atoms with Crippen LogP contribution < -0.4 is 0 Å². The Morgan fingerprint density at radius 1 is 0.317 bits per heavy atom. The third kappa shape index (κ3) is 6.62. The molecular weight excluding hydrogens is 767 g/mol. The molecule has 2 heterocycles. The zero-order valence-electron chi connectivity index (χ0n) is 38.7. The third-order valence-electron chi connectivity index (χ3n) is 11.8. The molecule has 63 heavy (non-hydrogen) atoms. The minimum absolute atomic E-state index is 0.0759. The molecule has 294 valence electrons. The van der Waals surface area contributed by atoms with Gasteiger partial charge >= 0.3 is 0 Å². The molecule has 0 saturated heterocycles. The van der Waals surface area contributed by atoms with E-state index in [-0.39, 0.29) is 17.6 Å². The minimum atomic E-state index is -0.453. The summed E-state index contributed by atoms with van der Waals surface area (Å²) in [6.45, 7) is 0. The molecule has 0 amide bonds. The van der Waals surface area contributed by atoms with E-state index in [1.165, 1.54) is 0 Å². The minimum Gasteiger partial charge on any atom is -0.456 e. The van der Waals surface area contributed by atoms with Gasteiger partial charge in [0.1, 0.15) is 11.2 Å². The maximum Gasteiger partial charge on any atom is 0.164 e. The molecule has 0 saturated carbocycles. The average molecular weight is 809 g/mol. The molecule has 0 unspecified atom stereocenters. The topological polar surface area (TPSA) is 51.8 Å². The van der Waals surface area contributed by atoms with Crippen LogP contribution in [0.1, 0.15) is 6.85 Å². The first-order valence-electron chi connectivity index (χ1n) is 23.3. The molecule has 0 fully saturated rings. The fraction of sp³-hybridized carbons (Fsp3) is 0. The number of aromatic nitrogens is 3. The van der Waals surface area contributed by atoms with Gasteiger partial charge in [0.05, 0.1) is 6.85 Å². The largest absolute Gasteiger partial charge is 0.456 e. The van der Waals surface area contributed by atoms with Gasteiger partial charge in [-0.05, 0) is 96.4 Å². The zero-order valence-corrected chi connectivity index (χ0v) is 33.7. The van der Waals surface area contributed by atoms with E-state index < -0.39 is 18.1 Å². The number of fused-ring (bicyclic) bond motifs is 5. The van der Waals surface area contributed by atoms with Gasteiger partial charge in [-0.1, -0.05) is 194 Å². The van der Waals surface area contributed by atoms with Crippen LogP contribution in [0, 0.1) is 0 Å². The molecule has 0 aliphatic heterocycles. The summed E-state index contributed by atoms with van der Waals surface area (Å²) in [6.07, 6.45) is 0. The van der Waals surface area contributed by atoms with Gasteiger partial charge in [-0.25, -0.2) is 15.0 Å². The first-order valence-corrected chi connectivity index (χ1v) is 20.8. The van der Waals surface area contributed by atoms with Gasteiger partial charge in [-0.3, -0.25) is 0 Å². The van der Waals surface area contributed by atoms with E-state index in [4.69, 9.17) is 26.2 Å². The van der Waals surface area contributed by atoms with Crippen molar-refractivity contribution >= 4 is 43.5 Å². The highest BCUT2D eigenvalue weighted by molar-refractivity contribution is 6.13. The van der Waals surface area contributed by atoms with Crippen LogP contribution in [0.2, 0.25) is 0 Å². The molecule has 10 aromatic carbocycles. The Bertz CT molecular complexity index is 3960. The second-order valence-corrected chi connectivity index (χ2v) is 15.6. The third-order valence-corrected chi connectivity index (χ3v) is 11.8. The maximum absolute atomic E-state index is 8.85. The number of hydrogen-bond donors (Lipinski definition) is 0. The first-order chi connectivity index (χ1) is 33.3. The predicted molar refractivity (Wildman–Crippen MR) is 260 cm³/mol. The number of para-hydroxylation sites is 1. The van der Waals surface area contributed by atoms with E-state index in [1.807, 2.05) is 78.9 Å². The molecule has 0 radical (unpaired) electrons. The molecule has 12 aromatic rings. The Morgan fingerprint density at radius 2 is 0.873 bits per heavy atom. The Labute approximate surface area is 371 Å².